The quantitative estimate of drug-likeness (QED) is 0.910. The van der Waals surface area contributed by atoms with Crippen LogP contribution in [0.25, 0.3) is 0 Å². The van der Waals surface area contributed by atoms with Crippen molar-refractivity contribution in [1.82, 2.24) is 9.78 Å². The van der Waals surface area contributed by atoms with E-state index in [9.17, 15) is 13.9 Å². The molecule has 0 saturated heterocycles. The van der Waals surface area contributed by atoms with Crippen molar-refractivity contribution in [2.24, 2.45) is 7.05 Å². The Hall–Kier alpha value is -1.75. The normalized spacial score (nSPS) is 12.7. The van der Waals surface area contributed by atoms with E-state index >= 15 is 0 Å². The predicted octanol–water partition coefficient (Wildman–Crippen LogP) is 2.28. The summed E-state index contributed by atoms with van der Waals surface area (Å²) < 4.78 is 28.9. The van der Waals surface area contributed by atoms with E-state index in [1.807, 2.05) is 0 Å². The van der Waals surface area contributed by atoms with Crippen LogP contribution in [0.2, 0.25) is 0 Å². The standard InChI is InChI=1S/C13H14F2N2O/c1-8-3-4-10(14)12(13(8)15)11(18)5-9-6-16-17(2)7-9/h3-4,6-7,11,18H,5H2,1-2H3. The van der Waals surface area contributed by atoms with Crippen LogP contribution < -0.4 is 0 Å². The molecule has 1 N–H and O–H groups in total. The number of aliphatic hydroxyl groups is 1. The molecule has 18 heavy (non-hydrogen) atoms. The Morgan fingerprint density at radius 1 is 1.39 bits per heavy atom. The summed E-state index contributed by atoms with van der Waals surface area (Å²) in [6.45, 7) is 1.54. The van der Waals surface area contributed by atoms with E-state index in [0.29, 0.717) is 5.56 Å². The van der Waals surface area contributed by atoms with Gasteiger partial charge in [-0.25, -0.2) is 8.78 Å². The summed E-state index contributed by atoms with van der Waals surface area (Å²) in [5.74, 6) is -1.42. The second-order valence-electron chi connectivity index (χ2n) is 4.33. The Kier molecular flexibility index (Phi) is 3.43. The fourth-order valence-corrected chi connectivity index (χ4v) is 1.89. The number of rotatable bonds is 3. The minimum atomic E-state index is -1.21. The van der Waals surface area contributed by atoms with Gasteiger partial charge in [-0.2, -0.15) is 5.10 Å². The van der Waals surface area contributed by atoms with Crippen LogP contribution in [0, 0.1) is 18.6 Å². The second-order valence-corrected chi connectivity index (χ2v) is 4.33. The van der Waals surface area contributed by atoms with E-state index in [0.717, 1.165) is 5.56 Å². The monoisotopic (exact) mass is 252 g/mol. The first-order chi connectivity index (χ1) is 8.49. The smallest absolute Gasteiger partial charge is 0.134 e. The molecule has 1 aromatic carbocycles. The van der Waals surface area contributed by atoms with E-state index in [2.05, 4.69) is 5.10 Å². The molecule has 0 spiro atoms. The van der Waals surface area contributed by atoms with Crippen LogP contribution >= 0.6 is 0 Å². The van der Waals surface area contributed by atoms with Crippen LogP contribution in [0.4, 0.5) is 8.78 Å². The lowest BCUT2D eigenvalue weighted by Crippen LogP contribution is -2.08. The molecule has 0 saturated carbocycles. The first kappa shape index (κ1) is 12.7. The molecule has 3 nitrogen and oxygen atoms in total. The van der Waals surface area contributed by atoms with Gasteiger partial charge in [-0.1, -0.05) is 6.07 Å². The topological polar surface area (TPSA) is 38.1 Å². The lowest BCUT2D eigenvalue weighted by Gasteiger charge is -2.13. The third-order valence-corrected chi connectivity index (χ3v) is 2.84. The maximum Gasteiger partial charge on any atom is 0.134 e. The maximum atomic E-state index is 13.8. The van der Waals surface area contributed by atoms with Crippen LogP contribution in [-0.2, 0) is 13.5 Å². The molecular formula is C13H14F2N2O. The zero-order chi connectivity index (χ0) is 13.3. The Labute approximate surface area is 104 Å². The summed E-state index contributed by atoms with van der Waals surface area (Å²) in [6.07, 6.45) is 2.18. The molecule has 2 rings (SSSR count). The van der Waals surface area contributed by atoms with E-state index < -0.39 is 17.7 Å². The van der Waals surface area contributed by atoms with Gasteiger partial charge in [0.15, 0.2) is 0 Å². The molecular weight excluding hydrogens is 238 g/mol. The number of nitrogens with zero attached hydrogens (tertiary/aromatic N) is 2. The highest BCUT2D eigenvalue weighted by molar-refractivity contribution is 5.29. The number of aryl methyl sites for hydroxylation is 2. The highest BCUT2D eigenvalue weighted by atomic mass is 19.1. The van der Waals surface area contributed by atoms with Gasteiger partial charge in [-0.3, -0.25) is 4.68 Å². The van der Waals surface area contributed by atoms with E-state index in [1.54, 1.807) is 24.1 Å². The maximum absolute atomic E-state index is 13.8. The molecule has 1 atom stereocenters. The van der Waals surface area contributed by atoms with Crippen LogP contribution in [0.15, 0.2) is 24.5 Å². The molecule has 0 fully saturated rings. The number of halogens is 2. The molecule has 2 aromatic rings. The van der Waals surface area contributed by atoms with Crippen molar-refractivity contribution in [1.29, 1.82) is 0 Å². The number of hydrogen-bond donors (Lipinski definition) is 1. The zero-order valence-electron chi connectivity index (χ0n) is 10.2. The molecule has 1 unspecified atom stereocenters. The summed E-state index contributed by atoms with van der Waals surface area (Å²) >= 11 is 0. The number of benzene rings is 1. The van der Waals surface area contributed by atoms with Gasteiger partial charge >= 0.3 is 0 Å². The third kappa shape index (κ3) is 2.41. The van der Waals surface area contributed by atoms with Gasteiger partial charge < -0.3 is 5.11 Å². The molecule has 0 radical (unpaired) electrons. The Morgan fingerprint density at radius 2 is 2.11 bits per heavy atom. The number of aliphatic hydroxyl groups excluding tert-OH is 1. The van der Waals surface area contributed by atoms with Crippen molar-refractivity contribution in [3.8, 4) is 0 Å². The summed E-state index contributed by atoms with van der Waals surface area (Å²) in [5, 5.41) is 13.9. The molecule has 1 aromatic heterocycles. The molecule has 0 bridgehead atoms. The van der Waals surface area contributed by atoms with Gasteiger partial charge in [0.05, 0.1) is 17.9 Å². The van der Waals surface area contributed by atoms with E-state index in [4.69, 9.17) is 0 Å². The minimum absolute atomic E-state index is 0.130. The van der Waals surface area contributed by atoms with Crippen molar-refractivity contribution in [3.63, 3.8) is 0 Å². The minimum Gasteiger partial charge on any atom is -0.388 e. The van der Waals surface area contributed by atoms with Gasteiger partial charge in [-0.15, -0.1) is 0 Å². The molecule has 5 heteroatoms. The van der Waals surface area contributed by atoms with Crippen molar-refractivity contribution in [2.75, 3.05) is 0 Å². The zero-order valence-corrected chi connectivity index (χ0v) is 10.2. The predicted molar refractivity (Wildman–Crippen MR) is 63.0 cm³/mol. The van der Waals surface area contributed by atoms with Crippen molar-refractivity contribution in [3.05, 3.63) is 52.9 Å². The van der Waals surface area contributed by atoms with Gasteiger partial charge in [-0.05, 0) is 24.1 Å². The molecule has 1 heterocycles. The lowest BCUT2D eigenvalue weighted by molar-refractivity contribution is 0.168. The molecule has 0 amide bonds. The largest absolute Gasteiger partial charge is 0.388 e. The average molecular weight is 252 g/mol. The first-order valence-corrected chi connectivity index (χ1v) is 5.59. The summed E-state index contributed by atoms with van der Waals surface area (Å²) in [7, 11) is 1.74. The van der Waals surface area contributed by atoms with Crippen LogP contribution in [0.3, 0.4) is 0 Å². The van der Waals surface area contributed by atoms with Crippen LogP contribution in [0.1, 0.15) is 22.8 Å². The number of hydrogen-bond acceptors (Lipinski definition) is 2. The van der Waals surface area contributed by atoms with Crippen LogP contribution in [-0.4, -0.2) is 14.9 Å². The van der Waals surface area contributed by atoms with Crippen LogP contribution in [0.5, 0.6) is 0 Å². The Balaban J connectivity index is 2.28. The molecule has 96 valence electrons. The summed E-state index contributed by atoms with van der Waals surface area (Å²) in [6, 6.07) is 2.52. The molecule has 0 aliphatic carbocycles. The van der Waals surface area contributed by atoms with Crippen molar-refractivity contribution >= 4 is 0 Å². The van der Waals surface area contributed by atoms with Gasteiger partial charge in [0.25, 0.3) is 0 Å². The second kappa shape index (κ2) is 4.86. The number of aromatic nitrogens is 2. The van der Waals surface area contributed by atoms with Gasteiger partial charge in [0.1, 0.15) is 11.6 Å². The lowest BCUT2D eigenvalue weighted by atomic mass is 10.0. The fourth-order valence-electron chi connectivity index (χ4n) is 1.89. The SMILES string of the molecule is Cc1ccc(F)c(C(O)Cc2cnn(C)c2)c1F. The fraction of sp³-hybridized carbons (Fsp3) is 0.308. The Bertz CT molecular complexity index is 566. The molecule has 0 aliphatic rings. The third-order valence-electron chi connectivity index (χ3n) is 2.84. The highest BCUT2D eigenvalue weighted by Crippen LogP contribution is 2.25. The van der Waals surface area contributed by atoms with Crippen molar-refractivity contribution in [2.45, 2.75) is 19.4 Å². The highest BCUT2D eigenvalue weighted by Gasteiger charge is 2.20. The summed E-state index contributed by atoms with van der Waals surface area (Å²) in [4.78, 5) is 0. The van der Waals surface area contributed by atoms with Crippen molar-refractivity contribution < 1.29 is 13.9 Å². The molecule has 0 aliphatic heterocycles. The average Bonchev–Trinajstić information content (AvgIpc) is 2.70. The Morgan fingerprint density at radius 3 is 2.72 bits per heavy atom. The first-order valence-electron chi connectivity index (χ1n) is 5.59. The summed E-state index contributed by atoms with van der Waals surface area (Å²) in [5.41, 5.74) is 0.765. The van der Waals surface area contributed by atoms with Gasteiger partial charge in [0, 0.05) is 19.7 Å². The van der Waals surface area contributed by atoms with E-state index in [-0.39, 0.29) is 12.0 Å². The van der Waals surface area contributed by atoms with E-state index in [1.165, 1.54) is 19.1 Å². The van der Waals surface area contributed by atoms with Gasteiger partial charge in [0.2, 0.25) is 0 Å².